The summed E-state index contributed by atoms with van der Waals surface area (Å²) in [5, 5.41) is 0.590. The van der Waals surface area contributed by atoms with Crippen LogP contribution in [-0.2, 0) is 11.2 Å². The number of nitrogens with two attached hydrogens (primary N) is 1. The van der Waals surface area contributed by atoms with E-state index in [1.54, 1.807) is 6.07 Å². The maximum Gasteiger partial charge on any atom is 0.221 e. The Morgan fingerprint density at radius 3 is 3.06 bits per heavy atom. The van der Waals surface area contributed by atoms with E-state index in [0.717, 1.165) is 23.5 Å². The van der Waals surface area contributed by atoms with Crippen LogP contribution >= 0.6 is 11.6 Å². The van der Waals surface area contributed by atoms with Gasteiger partial charge in [0, 0.05) is 17.6 Å². The first kappa shape index (κ1) is 11.1. The Morgan fingerprint density at radius 1 is 1.62 bits per heavy atom. The molecule has 0 saturated carbocycles. The Labute approximate surface area is 98.9 Å². The molecule has 5 heteroatoms. The molecule has 0 unspecified atom stereocenters. The van der Waals surface area contributed by atoms with E-state index < -0.39 is 0 Å². The summed E-state index contributed by atoms with van der Waals surface area (Å²) in [7, 11) is 1.96. The first-order chi connectivity index (χ1) is 7.58. The van der Waals surface area contributed by atoms with Gasteiger partial charge < -0.3 is 15.4 Å². The van der Waals surface area contributed by atoms with Crippen LogP contribution in [0.25, 0.3) is 0 Å². The van der Waals surface area contributed by atoms with E-state index in [0.29, 0.717) is 11.6 Å². The summed E-state index contributed by atoms with van der Waals surface area (Å²) >= 11 is 6.00. The van der Waals surface area contributed by atoms with Gasteiger partial charge in [0.05, 0.1) is 18.7 Å². The Balaban J connectivity index is 2.48. The molecule has 86 valence electrons. The third-order valence-corrected chi connectivity index (χ3v) is 2.78. The van der Waals surface area contributed by atoms with Crippen LogP contribution in [0, 0.1) is 0 Å². The van der Waals surface area contributed by atoms with Gasteiger partial charge in [0.2, 0.25) is 5.91 Å². The van der Waals surface area contributed by atoms with Gasteiger partial charge in [-0.3, -0.25) is 4.79 Å². The third-order valence-electron chi connectivity index (χ3n) is 2.56. The Hall–Kier alpha value is -1.42. The predicted molar refractivity (Wildman–Crippen MR) is 63.1 cm³/mol. The van der Waals surface area contributed by atoms with Gasteiger partial charge in [-0.15, -0.1) is 0 Å². The first-order valence-corrected chi connectivity index (χ1v) is 5.40. The SMILES string of the molecule is CN1CCOc2c(CC(N)=O)cc(Cl)cc21. The highest BCUT2D eigenvalue weighted by atomic mass is 35.5. The monoisotopic (exact) mass is 240 g/mol. The van der Waals surface area contributed by atoms with Crippen LogP contribution < -0.4 is 15.4 Å². The summed E-state index contributed by atoms with van der Waals surface area (Å²) in [6, 6.07) is 3.56. The topological polar surface area (TPSA) is 55.6 Å². The van der Waals surface area contributed by atoms with Crippen LogP contribution in [0.4, 0.5) is 5.69 Å². The number of carbonyl (C=O) groups is 1. The van der Waals surface area contributed by atoms with E-state index in [2.05, 4.69) is 4.90 Å². The van der Waals surface area contributed by atoms with Crippen molar-refractivity contribution in [2.24, 2.45) is 5.73 Å². The molecule has 0 fully saturated rings. The predicted octanol–water partition coefficient (Wildman–Crippen LogP) is 1.20. The number of hydrogen-bond donors (Lipinski definition) is 1. The molecule has 0 aliphatic carbocycles. The largest absolute Gasteiger partial charge is 0.489 e. The lowest BCUT2D eigenvalue weighted by Gasteiger charge is -2.29. The molecule has 0 spiro atoms. The number of halogens is 1. The van der Waals surface area contributed by atoms with Crippen molar-refractivity contribution >= 4 is 23.2 Å². The maximum atomic E-state index is 11.0. The molecular formula is C11H13ClN2O2. The number of fused-ring (bicyclic) bond motifs is 1. The molecule has 0 atom stereocenters. The van der Waals surface area contributed by atoms with Gasteiger partial charge in [-0.1, -0.05) is 11.6 Å². The lowest BCUT2D eigenvalue weighted by molar-refractivity contribution is -0.117. The molecule has 1 heterocycles. The molecule has 2 rings (SSSR count). The summed E-state index contributed by atoms with van der Waals surface area (Å²) < 4.78 is 5.57. The van der Waals surface area contributed by atoms with Crippen LogP contribution in [0.1, 0.15) is 5.56 Å². The second-order valence-electron chi connectivity index (χ2n) is 3.83. The summed E-state index contributed by atoms with van der Waals surface area (Å²) in [5.74, 6) is 0.332. The molecule has 4 nitrogen and oxygen atoms in total. The van der Waals surface area contributed by atoms with Crippen molar-refractivity contribution in [1.82, 2.24) is 0 Å². The van der Waals surface area contributed by atoms with Gasteiger partial charge in [-0.2, -0.15) is 0 Å². The second kappa shape index (κ2) is 4.22. The number of primary amides is 1. The maximum absolute atomic E-state index is 11.0. The Bertz CT molecular complexity index is 434. The average molecular weight is 241 g/mol. The minimum Gasteiger partial charge on any atom is -0.489 e. The number of anilines is 1. The van der Waals surface area contributed by atoms with Crippen LogP contribution in [0.3, 0.4) is 0 Å². The van der Waals surface area contributed by atoms with Gasteiger partial charge >= 0.3 is 0 Å². The highest BCUT2D eigenvalue weighted by Gasteiger charge is 2.20. The molecule has 16 heavy (non-hydrogen) atoms. The Morgan fingerprint density at radius 2 is 2.38 bits per heavy atom. The van der Waals surface area contributed by atoms with Gasteiger partial charge in [-0.25, -0.2) is 0 Å². The van der Waals surface area contributed by atoms with Crippen LogP contribution in [0.2, 0.25) is 5.02 Å². The quantitative estimate of drug-likeness (QED) is 0.845. The number of likely N-dealkylation sites (N-methyl/N-ethyl adjacent to an activating group) is 1. The summed E-state index contributed by atoms with van der Waals surface area (Å²) in [6.07, 6.45) is 0.150. The number of amides is 1. The molecular weight excluding hydrogens is 228 g/mol. The van der Waals surface area contributed by atoms with E-state index in [9.17, 15) is 4.79 Å². The molecule has 0 bridgehead atoms. The third kappa shape index (κ3) is 2.07. The molecule has 1 aliphatic rings. The van der Waals surface area contributed by atoms with Crippen LogP contribution in [0.15, 0.2) is 12.1 Å². The van der Waals surface area contributed by atoms with Crippen LogP contribution in [-0.4, -0.2) is 26.1 Å². The fourth-order valence-electron chi connectivity index (χ4n) is 1.81. The fraction of sp³-hybridized carbons (Fsp3) is 0.364. The fourth-order valence-corrected chi connectivity index (χ4v) is 2.04. The lowest BCUT2D eigenvalue weighted by Crippen LogP contribution is -2.29. The Kier molecular flexibility index (Phi) is 2.92. The highest BCUT2D eigenvalue weighted by molar-refractivity contribution is 6.31. The summed E-state index contributed by atoms with van der Waals surface area (Å²) in [6.45, 7) is 1.42. The minimum absolute atomic E-state index is 0.150. The van der Waals surface area contributed by atoms with Gasteiger partial charge in [0.15, 0.2) is 0 Å². The molecule has 0 saturated heterocycles. The van der Waals surface area contributed by atoms with E-state index in [4.69, 9.17) is 22.1 Å². The number of hydrogen-bond acceptors (Lipinski definition) is 3. The normalized spacial score (nSPS) is 14.2. The number of ether oxygens (including phenoxy) is 1. The van der Waals surface area contributed by atoms with E-state index >= 15 is 0 Å². The van der Waals surface area contributed by atoms with Gasteiger partial charge in [0.1, 0.15) is 12.4 Å². The molecule has 0 aromatic heterocycles. The van der Waals surface area contributed by atoms with E-state index in [-0.39, 0.29) is 12.3 Å². The molecule has 1 amide bonds. The van der Waals surface area contributed by atoms with Crippen molar-refractivity contribution in [1.29, 1.82) is 0 Å². The smallest absolute Gasteiger partial charge is 0.221 e. The first-order valence-electron chi connectivity index (χ1n) is 5.02. The van der Waals surface area contributed by atoms with Crippen LogP contribution in [0.5, 0.6) is 5.75 Å². The van der Waals surface area contributed by atoms with Crippen molar-refractivity contribution < 1.29 is 9.53 Å². The van der Waals surface area contributed by atoms with Crippen molar-refractivity contribution in [3.05, 3.63) is 22.7 Å². The molecule has 0 radical (unpaired) electrons. The van der Waals surface area contributed by atoms with Crippen molar-refractivity contribution in [3.63, 3.8) is 0 Å². The summed E-state index contributed by atoms with van der Waals surface area (Å²) in [5.41, 5.74) is 6.85. The van der Waals surface area contributed by atoms with E-state index in [1.807, 2.05) is 13.1 Å². The van der Waals surface area contributed by atoms with E-state index in [1.165, 1.54) is 0 Å². The van der Waals surface area contributed by atoms with Gasteiger partial charge in [-0.05, 0) is 12.1 Å². The molecule has 1 aliphatic heterocycles. The molecule has 1 aromatic carbocycles. The summed E-state index contributed by atoms with van der Waals surface area (Å²) in [4.78, 5) is 13.0. The number of rotatable bonds is 2. The minimum atomic E-state index is -0.388. The molecule has 2 N–H and O–H groups in total. The zero-order chi connectivity index (χ0) is 11.7. The standard InChI is InChI=1S/C11H13ClN2O2/c1-14-2-3-16-11-7(5-10(13)15)4-8(12)6-9(11)14/h4,6H,2-3,5H2,1H3,(H2,13,15). The molecule has 1 aromatic rings. The van der Waals surface area contributed by atoms with Gasteiger partial charge in [0.25, 0.3) is 0 Å². The van der Waals surface area contributed by atoms with Crippen molar-refractivity contribution in [2.45, 2.75) is 6.42 Å². The lowest BCUT2D eigenvalue weighted by atomic mass is 10.1. The van der Waals surface area contributed by atoms with Crippen molar-refractivity contribution in [3.8, 4) is 5.75 Å². The number of nitrogens with zero attached hydrogens (tertiary/aromatic N) is 1. The number of benzene rings is 1. The second-order valence-corrected chi connectivity index (χ2v) is 4.26. The number of carbonyl (C=O) groups excluding carboxylic acids is 1. The zero-order valence-corrected chi connectivity index (χ0v) is 9.75. The van der Waals surface area contributed by atoms with Crippen molar-refractivity contribution in [2.75, 3.05) is 25.1 Å². The average Bonchev–Trinajstić information content (AvgIpc) is 2.18. The zero-order valence-electron chi connectivity index (χ0n) is 9.00. The highest BCUT2D eigenvalue weighted by Crippen LogP contribution is 2.37.